The zero-order chi connectivity index (χ0) is 41.8. The smallest absolute Gasteiger partial charge is 0.143 e. The highest BCUT2D eigenvalue weighted by Gasteiger charge is 2.40. The minimum atomic E-state index is -0.191. The fraction of sp³-hybridized carbons (Fsp3) is 0.407. The summed E-state index contributed by atoms with van der Waals surface area (Å²) in [6.07, 6.45) is 28.2. The Bertz CT molecular complexity index is 1970. The monoisotopic (exact) mass is 802 g/mol. The van der Waals surface area contributed by atoms with Crippen molar-refractivity contribution in [1.29, 1.82) is 0 Å². The molecule has 2 aliphatic rings. The molecule has 0 radical (unpaired) electrons. The van der Waals surface area contributed by atoms with Crippen LogP contribution in [0.3, 0.4) is 0 Å². The predicted molar refractivity (Wildman–Crippen MR) is 240 cm³/mol. The second-order valence-corrected chi connectivity index (χ2v) is 15.3. The summed E-state index contributed by atoms with van der Waals surface area (Å²) in [7, 11) is 0. The van der Waals surface area contributed by atoms with Gasteiger partial charge in [0.05, 0.1) is 0 Å². The standard InChI is InChI=1S/C54H58O6/c1-5-9-13-17-21-33-55-41-25-29-45-49(37-41)59-50-38-42(56-34-22-18-14-10-6-2)26-30-46(50)53(45)54-47-31-27-43(57-35-23-19-15-11-7-3)39-51(47)60-52-40-44(28-32-48(52)54)58-36-24-20-16-12-8-4/h25-32,37-40,53-54H,5-20H2,1-4H3. The third-order valence-electron chi connectivity index (χ3n) is 10.6. The van der Waals surface area contributed by atoms with Crippen LogP contribution < -0.4 is 28.4 Å². The average molecular weight is 803 g/mol. The van der Waals surface area contributed by atoms with E-state index in [4.69, 9.17) is 28.4 Å². The van der Waals surface area contributed by atoms with E-state index in [9.17, 15) is 0 Å². The Morgan fingerprint density at radius 3 is 0.850 bits per heavy atom. The van der Waals surface area contributed by atoms with Crippen LogP contribution in [0.25, 0.3) is 0 Å². The Morgan fingerprint density at radius 2 is 0.617 bits per heavy atom. The Hall–Kier alpha value is -6.08. The molecule has 6 rings (SSSR count). The minimum absolute atomic E-state index is 0.191. The molecule has 0 N–H and O–H groups in total. The van der Waals surface area contributed by atoms with Crippen molar-refractivity contribution in [3.8, 4) is 94.1 Å². The lowest BCUT2D eigenvalue weighted by Crippen LogP contribution is -2.22. The van der Waals surface area contributed by atoms with Gasteiger partial charge in [-0.1, -0.05) is 127 Å². The lowest BCUT2D eigenvalue weighted by atomic mass is 9.71. The van der Waals surface area contributed by atoms with E-state index in [1.165, 1.54) is 0 Å². The van der Waals surface area contributed by atoms with Crippen molar-refractivity contribution in [1.82, 2.24) is 0 Å². The van der Waals surface area contributed by atoms with E-state index in [2.05, 4.69) is 100 Å². The molecule has 0 saturated heterocycles. The average Bonchev–Trinajstić information content (AvgIpc) is 3.26. The first-order valence-corrected chi connectivity index (χ1v) is 22.1. The number of hydrogen-bond donors (Lipinski definition) is 0. The quantitative estimate of drug-likeness (QED) is 0.0783. The molecule has 6 heteroatoms. The van der Waals surface area contributed by atoms with Crippen molar-refractivity contribution < 1.29 is 28.4 Å². The summed E-state index contributed by atoms with van der Waals surface area (Å²) in [6, 6.07) is 24.0. The highest BCUT2D eigenvalue weighted by Crippen LogP contribution is 2.58. The van der Waals surface area contributed by atoms with Crippen LogP contribution in [0.1, 0.15) is 165 Å². The molecule has 2 aliphatic heterocycles. The molecule has 2 heterocycles. The van der Waals surface area contributed by atoms with Crippen molar-refractivity contribution in [3.05, 3.63) is 95.1 Å². The molecule has 310 valence electrons. The van der Waals surface area contributed by atoms with E-state index in [0.717, 1.165) is 125 Å². The highest BCUT2D eigenvalue weighted by atomic mass is 16.5. The van der Waals surface area contributed by atoms with Gasteiger partial charge in [0.1, 0.15) is 70.4 Å². The molecule has 0 aromatic heterocycles. The summed E-state index contributed by atoms with van der Waals surface area (Å²) >= 11 is 0. The zero-order valence-corrected chi connectivity index (χ0v) is 35.8. The van der Waals surface area contributed by atoms with Crippen LogP contribution >= 0.6 is 0 Å². The number of rotatable bonds is 17. The van der Waals surface area contributed by atoms with E-state index >= 15 is 0 Å². The van der Waals surface area contributed by atoms with Crippen LogP contribution in [0.2, 0.25) is 0 Å². The maximum absolute atomic E-state index is 6.71. The van der Waals surface area contributed by atoms with Crippen LogP contribution in [0.15, 0.2) is 72.8 Å². The summed E-state index contributed by atoms with van der Waals surface area (Å²) in [5, 5.41) is 0. The minimum Gasteiger partial charge on any atom is -0.456 e. The van der Waals surface area contributed by atoms with Crippen molar-refractivity contribution in [3.63, 3.8) is 0 Å². The second-order valence-electron chi connectivity index (χ2n) is 15.3. The summed E-state index contributed by atoms with van der Waals surface area (Å²) in [5.74, 6) is 17.4. The van der Waals surface area contributed by atoms with E-state index in [-0.39, 0.29) is 11.8 Å². The van der Waals surface area contributed by atoms with Crippen LogP contribution in [-0.4, -0.2) is 0 Å². The molecule has 0 aliphatic carbocycles. The maximum atomic E-state index is 6.71. The molecule has 0 atom stereocenters. The summed E-state index contributed by atoms with van der Waals surface area (Å²) in [4.78, 5) is 0. The molecule has 0 fully saturated rings. The first kappa shape index (κ1) is 43.5. The number of fused-ring (bicyclic) bond motifs is 4. The van der Waals surface area contributed by atoms with Crippen molar-refractivity contribution in [2.75, 3.05) is 0 Å². The third-order valence-corrected chi connectivity index (χ3v) is 10.6. The molecule has 4 aromatic carbocycles. The Balaban J connectivity index is 1.40. The molecule has 0 saturated carbocycles. The van der Waals surface area contributed by atoms with Crippen LogP contribution in [0.5, 0.6) is 46.0 Å². The van der Waals surface area contributed by atoms with Gasteiger partial charge in [0.25, 0.3) is 0 Å². The fourth-order valence-electron chi connectivity index (χ4n) is 7.42. The van der Waals surface area contributed by atoms with Gasteiger partial charge in [0, 0.05) is 84.0 Å². The first-order valence-electron chi connectivity index (χ1n) is 22.1. The van der Waals surface area contributed by atoms with Crippen molar-refractivity contribution >= 4 is 0 Å². The molecule has 0 spiro atoms. The van der Waals surface area contributed by atoms with Gasteiger partial charge in [-0.15, -0.1) is 0 Å². The second kappa shape index (κ2) is 23.5. The molecular formula is C54H58O6. The highest BCUT2D eigenvalue weighted by molar-refractivity contribution is 5.65. The topological polar surface area (TPSA) is 55.4 Å². The van der Waals surface area contributed by atoms with E-state index in [0.29, 0.717) is 46.0 Å². The molecule has 0 bridgehead atoms. The van der Waals surface area contributed by atoms with Crippen LogP contribution in [0, 0.1) is 48.1 Å². The van der Waals surface area contributed by atoms with Crippen LogP contribution in [-0.2, 0) is 0 Å². The van der Waals surface area contributed by atoms with Gasteiger partial charge in [-0.25, -0.2) is 0 Å². The maximum Gasteiger partial charge on any atom is 0.143 e. The van der Waals surface area contributed by atoms with Crippen LogP contribution in [0.4, 0.5) is 0 Å². The molecule has 6 nitrogen and oxygen atoms in total. The van der Waals surface area contributed by atoms with Gasteiger partial charge in [-0.3, -0.25) is 0 Å². The van der Waals surface area contributed by atoms with E-state index in [1.54, 1.807) is 0 Å². The van der Waals surface area contributed by atoms with E-state index < -0.39 is 0 Å². The lowest BCUT2D eigenvalue weighted by molar-refractivity contribution is 0.404. The molecule has 0 unspecified atom stereocenters. The Labute approximate surface area is 358 Å². The summed E-state index contributed by atoms with van der Waals surface area (Å²) in [6.45, 7) is 8.75. The van der Waals surface area contributed by atoms with Gasteiger partial charge in [-0.05, 0) is 49.9 Å². The fourth-order valence-corrected chi connectivity index (χ4v) is 7.42. The molecule has 0 amide bonds. The Morgan fingerprint density at radius 1 is 0.367 bits per heavy atom. The molecule has 60 heavy (non-hydrogen) atoms. The van der Waals surface area contributed by atoms with Gasteiger partial charge in [0.2, 0.25) is 0 Å². The van der Waals surface area contributed by atoms with Gasteiger partial charge >= 0.3 is 0 Å². The third kappa shape index (κ3) is 12.0. The Kier molecular flexibility index (Phi) is 17.0. The van der Waals surface area contributed by atoms with Crippen molar-refractivity contribution in [2.24, 2.45) is 0 Å². The number of benzene rings is 4. The predicted octanol–water partition coefficient (Wildman–Crippen LogP) is 14.5. The number of unbranched alkanes of at least 4 members (excludes halogenated alkanes) is 12. The normalized spacial score (nSPS) is 12.0. The van der Waals surface area contributed by atoms with Gasteiger partial charge in [-0.2, -0.15) is 0 Å². The summed E-state index contributed by atoms with van der Waals surface area (Å²) in [5.41, 5.74) is 4.04. The first-order chi connectivity index (χ1) is 29.6. The largest absolute Gasteiger partial charge is 0.456 e. The zero-order valence-electron chi connectivity index (χ0n) is 35.8. The SMILES string of the molecule is CCCCCC#COc1ccc2c(c1)Oc1cc(OC#CCCCCC)ccc1C2C1c2ccc(OC#CCCCCC)cc2Oc2cc(OC#CCCCCC)ccc21. The molecular weight excluding hydrogens is 745 g/mol. The van der Waals surface area contributed by atoms with Crippen molar-refractivity contribution in [2.45, 2.75) is 142 Å². The number of hydrogen-bond acceptors (Lipinski definition) is 6. The number of ether oxygens (including phenoxy) is 6. The van der Waals surface area contributed by atoms with Gasteiger partial charge < -0.3 is 28.4 Å². The van der Waals surface area contributed by atoms with E-state index in [1.807, 2.05) is 48.5 Å². The summed E-state index contributed by atoms with van der Waals surface area (Å²) < 4.78 is 37.2. The molecule has 4 aromatic rings. The van der Waals surface area contributed by atoms with Gasteiger partial charge in [0.15, 0.2) is 0 Å². The lowest BCUT2D eigenvalue weighted by Gasteiger charge is -2.38.